The van der Waals surface area contributed by atoms with Gasteiger partial charge in [-0.15, -0.1) is 0 Å². The van der Waals surface area contributed by atoms with E-state index < -0.39 is 4.92 Å². The summed E-state index contributed by atoms with van der Waals surface area (Å²) in [6.07, 6.45) is 1.71. The van der Waals surface area contributed by atoms with E-state index in [1.54, 1.807) is 12.1 Å². The van der Waals surface area contributed by atoms with E-state index >= 15 is 0 Å². The van der Waals surface area contributed by atoms with Crippen molar-refractivity contribution in [1.29, 1.82) is 0 Å². The molecule has 23 heavy (non-hydrogen) atoms. The molecule has 3 aromatic rings. The Morgan fingerprint density at radius 1 is 1.13 bits per heavy atom. The predicted molar refractivity (Wildman–Crippen MR) is 85.1 cm³/mol. The number of aromatic nitrogens is 2. The molecule has 8 nitrogen and oxygen atoms in total. The molecular weight excluding hydrogens is 298 g/mol. The smallest absolute Gasteiger partial charge is 0.320 e. The lowest BCUT2D eigenvalue weighted by molar-refractivity contribution is -0.385. The summed E-state index contributed by atoms with van der Waals surface area (Å²) in [6, 6.07) is 12.6. The SMILES string of the molecule is N.Nc1nc(Cc2ccccc2)c([N+](=O)[O-])c(-c2ccco2)n1. The Labute approximate surface area is 131 Å². The molecule has 0 saturated carbocycles. The van der Waals surface area contributed by atoms with E-state index in [2.05, 4.69) is 9.97 Å². The molecule has 0 radical (unpaired) electrons. The highest BCUT2D eigenvalue weighted by Crippen LogP contribution is 2.32. The molecule has 2 aromatic heterocycles. The van der Waals surface area contributed by atoms with E-state index in [1.165, 1.54) is 6.26 Å². The van der Waals surface area contributed by atoms with E-state index in [9.17, 15) is 10.1 Å². The van der Waals surface area contributed by atoms with Crippen LogP contribution in [-0.2, 0) is 6.42 Å². The van der Waals surface area contributed by atoms with Crippen LogP contribution < -0.4 is 11.9 Å². The maximum atomic E-state index is 11.5. The number of hydrogen-bond acceptors (Lipinski definition) is 7. The van der Waals surface area contributed by atoms with Gasteiger partial charge in [0.05, 0.1) is 11.2 Å². The van der Waals surface area contributed by atoms with Crippen molar-refractivity contribution in [3.05, 3.63) is 70.1 Å². The van der Waals surface area contributed by atoms with Crippen LogP contribution >= 0.6 is 0 Å². The molecule has 2 heterocycles. The molecule has 0 aliphatic heterocycles. The Balaban J connectivity index is 0.00000192. The summed E-state index contributed by atoms with van der Waals surface area (Å²) in [6.45, 7) is 0. The standard InChI is InChI=1S/C15H12N4O3.H3N/c16-15-17-11(9-10-5-2-1-3-6-10)14(19(20)21)13(18-15)12-7-4-8-22-12;/h1-8H,9H2,(H2,16,17,18);1H3. The van der Waals surface area contributed by atoms with Crippen LogP contribution in [0.4, 0.5) is 11.6 Å². The average Bonchev–Trinajstić information content (AvgIpc) is 3.01. The fourth-order valence-corrected chi connectivity index (χ4v) is 2.21. The second kappa shape index (κ2) is 6.67. The van der Waals surface area contributed by atoms with Gasteiger partial charge < -0.3 is 16.3 Å². The summed E-state index contributed by atoms with van der Waals surface area (Å²) in [5.74, 6) is 0.262. The van der Waals surface area contributed by atoms with Gasteiger partial charge in [0.1, 0.15) is 5.69 Å². The number of nitrogens with zero attached hydrogens (tertiary/aromatic N) is 3. The summed E-state index contributed by atoms with van der Waals surface area (Å²) in [5, 5.41) is 11.5. The molecule has 0 amide bonds. The highest BCUT2D eigenvalue weighted by molar-refractivity contribution is 5.68. The van der Waals surface area contributed by atoms with E-state index in [-0.39, 0.29) is 41.4 Å². The Kier molecular flexibility index (Phi) is 4.67. The van der Waals surface area contributed by atoms with E-state index in [4.69, 9.17) is 10.2 Å². The Morgan fingerprint density at radius 3 is 2.48 bits per heavy atom. The third kappa shape index (κ3) is 3.33. The summed E-state index contributed by atoms with van der Waals surface area (Å²) < 4.78 is 5.22. The average molecular weight is 313 g/mol. The van der Waals surface area contributed by atoms with Gasteiger partial charge >= 0.3 is 5.69 Å². The molecule has 8 heteroatoms. The van der Waals surface area contributed by atoms with Gasteiger partial charge in [0, 0.05) is 6.42 Å². The van der Waals surface area contributed by atoms with Crippen LogP contribution in [0, 0.1) is 10.1 Å². The second-order valence-corrected chi connectivity index (χ2v) is 4.62. The second-order valence-electron chi connectivity index (χ2n) is 4.62. The van der Waals surface area contributed by atoms with E-state index in [0.29, 0.717) is 0 Å². The Hall–Kier alpha value is -3.26. The maximum absolute atomic E-state index is 11.5. The van der Waals surface area contributed by atoms with E-state index in [1.807, 2.05) is 30.3 Å². The number of hydrogen-bond donors (Lipinski definition) is 2. The van der Waals surface area contributed by atoms with Crippen LogP contribution in [0.15, 0.2) is 53.1 Å². The molecule has 1 aromatic carbocycles. The van der Waals surface area contributed by atoms with Crippen LogP contribution in [0.5, 0.6) is 0 Å². The zero-order valence-electron chi connectivity index (χ0n) is 12.2. The van der Waals surface area contributed by atoms with Crippen LogP contribution in [0.3, 0.4) is 0 Å². The van der Waals surface area contributed by atoms with Gasteiger partial charge in [0.2, 0.25) is 5.95 Å². The van der Waals surface area contributed by atoms with Crippen LogP contribution in [0.25, 0.3) is 11.5 Å². The predicted octanol–water partition coefficient (Wildman–Crippen LogP) is 2.98. The van der Waals surface area contributed by atoms with Crippen LogP contribution in [0.1, 0.15) is 11.3 Å². The lowest BCUT2D eigenvalue weighted by Crippen LogP contribution is -2.07. The minimum atomic E-state index is -0.504. The lowest BCUT2D eigenvalue weighted by atomic mass is 10.1. The topological polar surface area (TPSA) is 143 Å². The lowest BCUT2D eigenvalue weighted by Gasteiger charge is -2.07. The molecule has 0 unspecified atom stereocenters. The third-order valence-electron chi connectivity index (χ3n) is 3.13. The molecule has 118 valence electrons. The van der Waals surface area contributed by atoms with Crippen LogP contribution in [-0.4, -0.2) is 14.9 Å². The third-order valence-corrected chi connectivity index (χ3v) is 3.13. The minimum absolute atomic E-state index is 0. The molecule has 0 fully saturated rings. The number of rotatable bonds is 4. The number of benzene rings is 1. The van der Waals surface area contributed by atoms with Gasteiger partial charge in [-0.25, -0.2) is 9.97 Å². The fraction of sp³-hybridized carbons (Fsp3) is 0.0667. The van der Waals surface area contributed by atoms with Crippen molar-refractivity contribution < 1.29 is 9.34 Å². The molecule has 0 bridgehead atoms. The quantitative estimate of drug-likeness (QED) is 0.556. The van der Waals surface area contributed by atoms with Crippen LogP contribution in [0.2, 0.25) is 0 Å². The molecule has 3 rings (SSSR count). The molecule has 5 N–H and O–H groups in total. The maximum Gasteiger partial charge on any atom is 0.320 e. The van der Waals surface area contributed by atoms with Gasteiger partial charge in [0.15, 0.2) is 11.5 Å². The number of nitrogen functional groups attached to an aromatic ring is 1. The number of nitrogens with two attached hydrogens (primary N) is 1. The van der Waals surface area contributed by atoms with Crippen molar-refractivity contribution in [3.8, 4) is 11.5 Å². The van der Waals surface area contributed by atoms with Crippen molar-refractivity contribution in [2.75, 3.05) is 5.73 Å². The molecule has 0 atom stereocenters. The minimum Gasteiger partial charge on any atom is -0.462 e. The summed E-state index contributed by atoms with van der Waals surface area (Å²) in [5.41, 5.74) is 6.76. The first-order chi connectivity index (χ1) is 10.6. The highest BCUT2D eigenvalue weighted by atomic mass is 16.6. The zero-order valence-corrected chi connectivity index (χ0v) is 12.2. The van der Waals surface area contributed by atoms with Crippen molar-refractivity contribution in [2.45, 2.75) is 6.42 Å². The van der Waals surface area contributed by atoms with Gasteiger partial charge in [-0.1, -0.05) is 30.3 Å². The van der Waals surface area contributed by atoms with E-state index in [0.717, 1.165) is 5.56 Å². The van der Waals surface area contributed by atoms with Crippen molar-refractivity contribution in [2.24, 2.45) is 0 Å². The van der Waals surface area contributed by atoms with Crippen molar-refractivity contribution in [1.82, 2.24) is 16.1 Å². The van der Waals surface area contributed by atoms with Gasteiger partial charge in [0.25, 0.3) is 0 Å². The summed E-state index contributed by atoms with van der Waals surface area (Å²) in [7, 11) is 0. The monoisotopic (exact) mass is 313 g/mol. The first-order valence-electron chi connectivity index (χ1n) is 6.53. The van der Waals surface area contributed by atoms with Gasteiger partial charge in [-0.2, -0.15) is 0 Å². The van der Waals surface area contributed by atoms with Gasteiger partial charge in [-0.3, -0.25) is 10.1 Å². The number of nitro groups is 1. The normalized spacial score (nSPS) is 10.1. The first kappa shape index (κ1) is 16.1. The molecule has 0 aliphatic carbocycles. The largest absolute Gasteiger partial charge is 0.462 e. The Bertz CT molecular complexity index is 803. The van der Waals surface area contributed by atoms with Crippen molar-refractivity contribution in [3.63, 3.8) is 0 Å². The first-order valence-corrected chi connectivity index (χ1v) is 6.53. The highest BCUT2D eigenvalue weighted by Gasteiger charge is 2.26. The van der Waals surface area contributed by atoms with Gasteiger partial charge in [-0.05, 0) is 17.7 Å². The zero-order chi connectivity index (χ0) is 15.5. The molecule has 0 aliphatic rings. The van der Waals surface area contributed by atoms with Crippen molar-refractivity contribution >= 4 is 11.6 Å². The number of furan rings is 1. The molecule has 0 saturated heterocycles. The summed E-state index contributed by atoms with van der Waals surface area (Å²) >= 11 is 0. The number of anilines is 1. The molecule has 0 spiro atoms. The fourth-order valence-electron chi connectivity index (χ4n) is 2.21. The summed E-state index contributed by atoms with van der Waals surface area (Å²) in [4.78, 5) is 19.0. The molecular formula is C15H15N5O3. The Morgan fingerprint density at radius 2 is 1.87 bits per heavy atom.